The van der Waals surface area contributed by atoms with Crippen molar-refractivity contribution in [1.82, 2.24) is 0 Å². The van der Waals surface area contributed by atoms with Crippen molar-refractivity contribution in [3.8, 4) is 0 Å². The molecule has 0 aromatic rings. The van der Waals surface area contributed by atoms with Gasteiger partial charge in [-0.15, -0.1) is 23.2 Å². The summed E-state index contributed by atoms with van der Waals surface area (Å²) in [5.74, 6) is 0.531. The Hall–Kier alpha value is 0.470. The van der Waals surface area contributed by atoms with E-state index >= 15 is 0 Å². The largest absolute Gasteiger partial charge is 0.356 e. The van der Waals surface area contributed by atoms with Crippen LogP contribution in [-0.2, 0) is 13.6 Å². The highest BCUT2D eigenvalue weighted by Crippen LogP contribution is 2.54. The van der Waals surface area contributed by atoms with Crippen LogP contribution in [0.3, 0.4) is 0 Å². The van der Waals surface area contributed by atoms with Crippen molar-refractivity contribution in [1.29, 1.82) is 0 Å². The van der Waals surface area contributed by atoms with Crippen LogP contribution in [0.2, 0.25) is 0 Å². The molecule has 0 amide bonds. The lowest BCUT2D eigenvalue weighted by Crippen LogP contribution is -2.01. The van der Waals surface area contributed by atoms with Gasteiger partial charge in [-0.1, -0.05) is 6.58 Å². The fourth-order valence-electron chi connectivity index (χ4n) is 0.567. The van der Waals surface area contributed by atoms with Crippen LogP contribution in [0.4, 0.5) is 0 Å². The molecule has 13 heavy (non-hydrogen) atoms. The monoisotopic (exact) mass is 246 g/mol. The van der Waals surface area contributed by atoms with Crippen LogP contribution in [0.1, 0.15) is 6.92 Å². The molecule has 0 saturated heterocycles. The van der Waals surface area contributed by atoms with Gasteiger partial charge in [0.05, 0.1) is 13.2 Å². The minimum Gasteiger partial charge on any atom is -0.304 e. The van der Waals surface area contributed by atoms with E-state index in [-0.39, 0.29) is 25.0 Å². The molecule has 0 atom stereocenters. The van der Waals surface area contributed by atoms with Gasteiger partial charge in [0.2, 0.25) is 0 Å². The molecular weight excluding hydrogens is 234 g/mol. The summed E-state index contributed by atoms with van der Waals surface area (Å²) >= 11 is 10.8. The molecule has 0 N–H and O–H groups in total. The van der Waals surface area contributed by atoms with Crippen LogP contribution < -0.4 is 0 Å². The third-order valence-electron chi connectivity index (χ3n) is 1.14. The molecule has 6 heteroatoms. The number of halogens is 2. The lowest BCUT2D eigenvalue weighted by Gasteiger charge is -2.17. The Labute approximate surface area is 88.5 Å². The third-order valence-corrected chi connectivity index (χ3v) is 3.43. The summed E-state index contributed by atoms with van der Waals surface area (Å²) in [5.41, 5.74) is 0. The van der Waals surface area contributed by atoms with Crippen molar-refractivity contribution in [3.63, 3.8) is 0 Å². The Morgan fingerprint density at radius 1 is 1.31 bits per heavy atom. The first kappa shape index (κ1) is 13.5. The van der Waals surface area contributed by atoms with E-state index in [9.17, 15) is 4.57 Å². The molecule has 78 valence electrons. The first-order valence-electron chi connectivity index (χ1n) is 3.74. The zero-order chi connectivity index (χ0) is 10.3. The molecule has 0 radical (unpaired) electrons. The Morgan fingerprint density at radius 3 is 1.92 bits per heavy atom. The van der Waals surface area contributed by atoms with Crippen molar-refractivity contribution in [2.24, 2.45) is 0 Å². The summed E-state index contributed by atoms with van der Waals surface area (Å²) < 4.78 is 21.7. The molecule has 0 fully saturated rings. The lowest BCUT2D eigenvalue weighted by atomic mass is 10.8. The number of allylic oxidation sites excluding steroid dienone is 1. The number of alkyl halides is 2. The Kier molecular flexibility index (Phi) is 7.10. The zero-order valence-corrected chi connectivity index (χ0v) is 9.87. The Balaban J connectivity index is 4.18. The van der Waals surface area contributed by atoms with Crippen LogP contribution in [0.5, 0.6) is 0 Å². The molecule has 0 aliphatic heterocycles. The van der Waals surface area contributed by atoms with E-state index in [1.165, 1.54) is 0 Å². The lowest BCUT2D eigenvalue weighted by molar-refractivity contribution is 0.228. The quantitative estimate of drug-likeness (QED) is 0.511. The van der Waals surface area contributed by atoms with Crippen LogP contribution in [0.25, 0.3) is 0 Å². The molecule has 0 unspecified atom stereocenters. The van der Waals surface area contributed by atoms with Gasteiger partial charge in [-0.25, -0.2) is 0 Å². The predicted molar refractivity (Wildman–Crippen MR) is 55.8 cm³/mol. The number of rotatable bonds is 7. The molecule has 0 aliphatic rings. The maximum absolute atomic E-state index is 11.8. The van der Waals surface area contributed by atoms with Gasteiger partial charge in [-0.3, -0.25) is 4.57 Å². The second-order valence-corrected chi connectivity index (χ2v) is 5.31. The van der Waals surface area contributed by atoms with Crippen LogP contribution in [0.15, 0.2) is 11.9 Å². The molecule has 0 aromatic heterocycles. The minimum absolute atomic E-state index is 0.175. The highest BCUT2D eigenvalue weighted by molar-refractivity contribution is 7.58. The SMILES string of the molecule is C=C(C)P(=O)(OCCCl)OCCCl. The van der Waals surface area contributed by atoms with E-state index in [1.54, 1.807) is 6.92 Å². The van der Waals surface area contributed by atoms with Crippen LogP contribution in [0, 0.1) is 0 Å². The first-order valence-corrected chi connectivity index (χ1v) is 6.35. The maximum atomic E-state index is 11.8. The van der Waals surface area contributed by atoms with Crippen molar-refractivity contribution in [3.05, 3.63) is 11.9 Å². The summed E-state index contributed by atoms with van der Waals surface area (Å²) in [4.78, 5) is 0. The van der Waals surface area contributed by atoms with Gasteiger partial charge in [-0.2, -0.15) is 0 Å². The second-order valence-electron chi connectivity index (χ2n) is 2.28. The summed E-state index contributed by atoms with van der Waals surface area (Å²) in [6.07, 6.45) is 0. The number of hydrogen-bond donors (Lipinski definition) is 0. The fourth-order valence-corrected chi connectivity index (χ4v) is 2.12. The van der Waals surface area contributed by atoms with Gasteiger partial charge >= 0.3 is 7.60 Å². The van der Waals surface area contributed by atoms with Gasteiger partial charge < -0.3 is 9.05 Å². The highest BCUT2D eigenvalue weighted by atomic mass is 35.5. The molecule has 0 aliphatic carbocycles. The minimum atomic E-state index is -3.19. The van der Waals surface area contributed by atoms with Crippen molar-refractivity contribution in [2.75, 3.05) is 25.0 Å². The van der Waals surface area contributed by atoms with E-state index in [1.807, 2.05) is 0 Å². The van der Waals surface area contributed by atoms with Gasteiger partial charge in [-0.05, 0) is 6.92 Å². The van der Waals surface area contributed by atoms with Crippen LogP contribution >= 0.6 is 30.8 Å². The van der Waals surface area contributed by atoms with Crippen molar-refractivity contribution in [2.45, 2.75) is 6.92 Å². The van der Waals surface area contributed by atoms with Crippen LogP contribution in [-0.4, -0.2) is 25.0 Å². The molecule has 0 heterocycles. The van der Waals surface area contributed by atoms with E-state index in [2.05, 4.69) is 6.58 Å². The Morgan fingerprint density at radius 2 is 1.69 bits per heavy atom. The van der Waals surface area contributed by atoms with E-state index in [0.717, 1.165) is 0 Å². The average molecular weight is 247 g/mol. The number of hydrogen-bond acceptors (Lipinski definition) is 3. The van der Waals surface area contributed by atoms with Gasteiger partial charge in [0.25, 0.3) is 0 Å². The normalized spacial score (nSPS) is 11.6. The molecule has 0 spiro atoms. The smallest absolute Gasteiger partial charge is 0.304 e. The molecule has 0 saturated carbocycles. The predicted octanol–water partition coefficient (Wildman–Crippen LogP) is 3.22. The topological polar surface area (TPSA) is 35.5 Å². The summed E-state index contributed by atoms with van der Waals surface area (Å²) in [7, 11) is -3.19. The van der Waals surface area contributed by atoms with E-state index < -0.39 is 7.60 Å². The van der Waals surface area contributed by atoms with Gasteiger partial charge in [0.1, 0.15) is 0 Å². The first-order chi connectivity index (χ1) is 6.06. The summed E-state index contributed by atoms with van der Waals surface area (Å²) in [5, 5.41) is 0.364. The standard InChI is InChI=1S/C7H13Cl2O3P/c1-7(2)13(10,11-5-3-8)12-6-4-9/h1,3-6H2,2H3. The highest BCUT2D eigenvalue weighted by Gasteiger charge is 2.25. The summed E-state index contributed by atoms with van der Waals surface area (Å²) in [6.45, 7) is 5.47. The van der Waals surface area contributed by atoms with Gasteiger partial charge in [0, 0.05) is 17.1 Å². The fraction of sp³-hybridized carbons (Fsp3) is 0.714. The molecule has 3 nitrogen and oxygen atoms in total. The molecular formula is C7H13Cl2O3P. The van der Waals surface area contributed by atoms with E-state index in [0.29, 0.717) is 5.31 Å². The second kappa shape index (κ2) is 6.86. The molecule has 0 bridgehead atoms. The zero-order valence-electron chi connectivity index (χ0n) is 7.46. The van der Waals surface area contributed by atoms with Gasteiger partial charge in [0.15, 0.2) is 0 Å². The van der Waals surface area contributed by atoms with Crippen molar-refractivity contribution >= 4 is 30.8 Å². The Bertz CT molecular complexity index is 196. The molecule has 0 aromatic carbocycles. The average Bonchev–Trinajstić information content (AvgIpc) is 2.11. The third kappa shape index (κ3) is 5.04. The van der Waals surface area contributed by atoms with E-state index in [4.69, 9.17) is 32.2 Å². The summed E-state index contributed by atoms with van der Waals surface area (Å²) in [6, 6.07) is 0. The molecule has 0 rings (SSSR count). The maximum Gasteiger partial charge on any atom is 0.356 e. The van der Waals surface area contributed by atoms with Crippen molar-refractivity contribution < 1.29 is 13.6 Å².